The predicted octanol–water partition coefficient (Wildman–Crippen LogP) is 4.48. The Morgan fingerprint density at radius 3 is 2.50 bits per heavy atom. The van der Waals surface area contributed by atoms with Crippen LogP contribution >= 0.6 is 15.9 Å². The lowest BCUT2D eigenvalue weighted by Gasteiger charge is -2.11. The van der Waals surface area contributed by atoms with Crippen molar-refractivity contribution in [3.05, 3.63) is 64.1 Å². The molecule has 0 heterocycles. The first-order valence-electron chi connectivity index (χ1n) is 5.86. The zero-order valence-electron chi connectivity index (χ0n) is 10.4. The van der Waals surface area contributed by atoms with Crippen molar-refractivity contribution >= 4 is 21.7 Å². The fourth-order valence-corrected chi connectivity index (χ4v) is 2.03. The number of Topliss-reactive ketones (excluding diaryl/α,β-unsaturated/α-hetero) is 1. The number of hydrogen-bond donors (Lipinski definition) is 0. The van der Waals surface area contributed by atoms with Gasteiger partial charge in [0.15, 0.2) is 0 Å². The number of halogens is 3. The van der Waals surface area contributed by atoms with E-state index >= 15 is 0 Å². The van der Waals surface area contributed by atoms with E-state index in [-0.39, 0.29) is 17.9 Å². The number of carbonyl (C=O) groups is 1. The van der Waals surface area contributed by atoms with E-state index in [1.54, 1.807) is 6.07 Å². The van der Waals surface area contributed by atoms with Gasteiger partial charge in [-0.15, -0.1) is 0 Å². The Bertz CT molecular complexity index is 600. The summed E-state index contributed by atoms with van der Waals surface area (Å²) in [5, 5.41) is 0. The van der Waals surface area contributed by atoms with Gasteiger partial charge in [-0.1, -0.05) is 46.3 Å². The average molecular weight is 341 g/mol. The Hall–Kier alpha value is -1.75. The second-order valence-electron chi connectivity index (χ2n) is 4.08. The topological polar surface area (TPSA) is 26.3 Å². The predicted molar refractivity (Wildman–Crippen MR) is 75.3 cm³/mol. The molecular formula is C15H11BrF2O2. The SMILES string of the molecule is O=C(c1cc(Br)ccc1OCc1ccccc1)C(F)F. The van der Waals surface area contributed by atoms with Gasteiger partial charge < -0.3 is 4.74 Å². The van der Waals surface area contributed by atoms with Crippen LogP contribution in [0, 0.1) is 0 Å². The summed E-state index contributed by atoms with van der Waals surface area (Å²) in [6.45, 7) is 0.214. The maximum absolute atomic E-state index is 12.6. The molecule has 0 unspecified atom stereocenters. The first-order valence-corrected chi connectivity index (χ1v) is 6.66. The standard InChI is InChI=1S/C15H11BrF2O2/c16-11-6-7-13(12(8-11)14(19)15(17)18)20-9-10-4-2-1-3-5-10/h1-8,15H,9H2. The van der Waals surface area contributed by atoms with Gasteiger partial charge in [0, 0.05) is 4.47 Å². The summed E-state index contributed by atoms with van der Waals surface area (Å²) in [6.07, 6.45) is -3.05. The van der Waals surface area contributed by atoms with Crippen molar-refractivity contribution in [2.75, 3.05) is 0 Å². The number of alkyl halides is 2. The van der Waals surface area contributed by atoms with Gasteiger partial charge in [-0.3, -0.25) is 4.79 Å². The number of rotatable bonds is 5. The van der Waals surface area contributed by atoms with Crippen LogP contribution in [0.25, 0.3) is 0 Å². The minimum atomic E-state index is -3.05. The number of benzene rings is 2. The second kappa shape index (κ2) is 6.61. The maximum Gasteiger partial charge on any atom is 0.300 e. The molecule has 0 saturated carbocycles. The normalized spacial score (nSPS) is 10.6. The molecule has 0 amide bonds. The summed E-state index contributed by atoms with van der Waals surface area (Å²) >= 11 is 3.16. The molecule has 0 radical (unpaired) electrons. The van der Waals surface area contributed by atoms with E-state index in [1.807, 2.05) is 30.3 Å². The average Bonchev–Trinajstić information content (AvgIpc) is 2.46. The first-order chi connectivity index (χ1) is 9.58. The van der Waals surface area contributed by atoms with Crippen molar-refractivity contribution in [3.63, 3.8) is 0 Å². The molecule has 104 valence electrons. The van der Waals surface area contributed by atoms with E-state index in [4.69, 9.17) is 4.74 Å². The second-order valence-corrected chi connectivity index (χ2v) is 5.00. The number of hydrogen-bond acceptors (Lipinski definition) is 2. The van der Waals surface area contributed by atoms with Gasteiger partial charge in [-0.05, 0) is 23.8 Å². The molecule has 0 spiro atoms. The molecular weight excluding hydrogens is 330 g/mol. The molecule has 0 aromatic heterocycles. The number of ether oxygens (including phenoxy) is 1. The summed E-state index contributed by atoms with van der Waals surface area (Å²) in [4.78, 5) is 11.5. The Morgan fingerprint density at radius 1 is 1.15 bits per heavy atom. The van der Waals surface area contributed by atoms with Crippen LogP contribution in [0.3, 0.4) is 0 Å². The van der Waals surface area contributed by atoms with Crippen LogP contribution in [0.5, 0.6) is 5.75 Å². The Labute approximate surface area is 123 Å². The molecule has 0 aliphatic rings. The van der Waals surface area contributed by atoms with Gasteiger partial charge in [0.25, 0.3) is 0 Å². The van der Waals surface area contributed by atoms with Gasteiger partial charge in [-0.25, -0.2) is 8.78 Å². The van der Waals surface area contributed by atoms with E-state index in [9.17, 15) is 13.6 Å². The molecule has 0 N–H and O–H groups in total. The van der Waals surface area contributed by atoms with Gasteiger partial charge in [0.2, 0.25) is 5.78 Å². The fourth-order valence-electron chi connectivity index (χ4n) is 1.67. The highest BCUT2D eigenvalue weighted by atomic mass is 79.9. The third kappa shape index (κ3) is 3.63. The highest BCUT2D eigenvalue weighted by Gasteiger charge is 2.22. The van der Waals surface area contributed by atoms with Crippen LogP contribution < -0.4 is 4.74 Å². The fraction of sp³-hybridized carbons (Fsp3) is 0.133. The third-order valence-electron chi connectivity index (χ3n) is 2.64. The number of ketones is 1. The molecule has 0 atom stereocenters. The lowest BCUT2D eigenvalue weighted by atomic mass is 10.1. The van der Waals surface area contributed by atoms with Crippen LogP contribution in [0.2, 0.25) is 0 Å². The van der Waals surface area contributed by atoms with Crippen molar-refractivity contribution in [2.24, 2.45) is 0 Å². The third-order valence-corrected chi connectivity index (χ3v) is 3.14. The van der Waals surface area contributed by atoms with Crippen LogP contribution in [0.15, 0.2) is 53.0 Å². The molecule has 0 aliphatic heterocycles. The zero-order chi connectivity index (χ0) is 14.5. The highest BCUT2D eigenvalue weighted by molar-refractivity contribution is 9.10. The molecule has 2 rings (SSSR count). The molecule has 20 heavy (non-hydrogen) atoms. The highest BCUT2D eigenvalue weighted by Crippen LogP contribution is 2.26. The van der Waals surface area contributed by atoms with Crippen molar-refractivity contribution in [1.29, 1.82) is 0 Å². The van der Waals surface area contributed by atoms with Gasteiger partial charge in [0.1, 0.15) is 12.4 Å². The van der Waals surface area contributed by atoms with Crippen LogP contribution in [-0.2, 0) is 6.61 Å². The molecule has 2 aromatic rings. The molecule has 0 bridgehead atoms. The molecule has 0 aliphatic carbocycles. The smallest absolute Gasteiger partial charge is 0.300 e. The lowest BCUT2D eigenvalue weighted by Crippen LogP contribution is -2.12. The Balaban J connectivity index is 2.21. The minimum Gasteiger partial charge on any atom is -0.488 e. The van der Waals surface area contributed by atoms with Crippen molar-refractivity contribution in [1.82, 2.24) is 0 Å². The van der Waals surface area contributed by atoms with Gasteiger partial charge >= 0.3 is 6.43 Å². The van der Waals surface area contributed by atoms with Crippen LogP contribution in [-0.4, -0.2) is 12.2 Å². The van der Waals surface area contributed by atoms with Crippen LogP contribution in [0.1, 0.15) is 15.9 Å². The maximum atomic E-state index is 12.6. The molecule has 2 nitrogen and oxygen atoms in total. The van der Waals surface area contributed by atoms with E-state index in [2.05, 4.69) is 15.9 Å². The summed E-state index contributed by atoms with van der Waals surface area (Å²) in [6, 6.07) is 13.8. The Kier molecular flexibility index (Phi) is 4.84. The van der Waals surface area contributed by atoms with E-state index < -0.39 is 12.2 Å². The zero-order valence-corrected chi connectivity index (χ0v) is 11.9. The quantitative estimate of drug-likeness (QED) is 0.750. The Morgan fingerprint density at radius 2 is 1.85 bits per heavy atom. The summed E-state index contributed by atoms with van der Waals surface area (Å²) in [5.41, 5.74) is 0.774. The van der Waals surface area contributed by atoms with Crippen molar-refractivity contribution in [2.45, 2.75) is 13.0 Å². The number of carbonyl (C=O) groups excluding carboxylic acids is 1. The van der Waals surface area contributed by atoms with Crippen molar-refractivity contribution < 1.29 is 18.3 Å². The molecule has 5 heteroatoms. The first kappa shape index (κ1) is 14.7. The van der Waals surface area contributed by atoms with E-state index in [0.29, 0.717) is 4.47 Å². The molecule has 0 fully saturated rings. The largest absolute Gasteiger partial charge is 0.488 e. The monoisotopic (exact) mass is 340 g/mol. The summed E-state index contributed by atoms with van der Waals surface area (Å²) in [5.74, 6) is -1.09. The van der Waals surface area contributed by atoms with Crippen molar-refractivity contribution in [3.8, 4) is 5.75 Å². The molecule has 2 aromatic carbocycles. The molecule has 0 saturated heterocycles. The van der Waals surface area contributed by atoms with E-state index in [1.165, 1.54) is 12.1 Å². The minimum absolute atomic E-state index is 0.120. The summed E-state index contributed by atoms with van der Waals surface area (Å²) < 4.78 is 31.2. The lowest BCUT2D eigenvalue weighted by molar-refractivity contribution is 0.0674. The van der Waals surface area contributed by atoms with E-state index in [0.717, 1.165) is 5.56 Å². The van der Waals surface area contributed by atoms with Gasteiger partial charge in [-0.2, -0.15) is 0 Å². The van der Waals surface area contributed by atoms with Gasteiger partial charge in [0.05, 0.1) is 5.56 Å². The summed E-state index contributed by atoms with van der Waals surface area (Å²) in [7, 11) is 0. The van der Waals surface area contributed by atoms with Crippen LogP contribution in [0.4, 0.5) is 8.78 Å².